The zero-order valence-corrected chi connectivity index (χ0v) is 21.0. The van der Waals surface area contributed by atoms with Crippen molar-refractivity contribution in [1.29, 1.82) is 0 Å². The van der Waals surface area contributed by atoms with Crippen LogP contribution in [0.1, 0.15) is 36.0 Å². The SMILES string of the molecule is COc1ccc(/C=C/C(=O)NC(=S)Nc2cccc3c(Cl)c(C(=O)NC(C)(C)C)sc23)cc1. The van der Waals surface area contributed by atoms with Crippen LogP contribution in [-0.2, 0) is 4.79 Å². The number of amides is 2. The van der Waals surface area contributed by atoms with Gasteiger partial charge in [-0.25, -0.2) is 0 Å². The summed E-state index contributed by atoms with van der Waals surface area (Å²) in [5.41, 5.74) is 1.12. The van der Waals surface area contributed by atoms with Crippen molar-refractivity contribution in [1.82, 2.24) is 10.6 Å². The Hall–Kier alpha value is -2.94. The van der Waals surface area contributed by atoms with E-state index in [1.807, 2.05) is 63.2 Å². The monoisotopic (exact) mass is 501 g/mol. The summed E-state index contributed by atoms with van der Waals surface area (Å²) >= 11 is 13.1. The summed E-state index contributed by atoms with van der Waals surface area (Å²) in [4.78, 5) is 25.3. The maximum atomic E-state index is 12.7. The van der Waals surface area contributed by atoms with Crippen molar-refractivity contribution >= 4 is 73.9 Å². The molecule has 0 aliphatic heterocycles. The highest BCUT2D eigenvalue weighted by Gasteiger charge is 2.22. The lowest BCUT2D eigenvalue weighted by Crippen LogP contribution is -2.40. The molecule has 0 saturated heterocycles. The first-order valence-electron chi connectivity index (χ1n) is 10.0. The van der Waals surface area contributed by atoms with E-state index in [1.165, 1.54) is 17.4 Å². The highest BCUT2D eigenvalue weighted by Crippen LogP contribution is 2.39. The molecular weight excluding hydrogens is 478 g/mol. The molecule has 0 unspecified atom stereocenters. The van der Waals surface area contributed by atoms with Gasteiger partial charge in [0.1, 0.15) is 10.6 Å². The second-order valence-electron chi connectivity index (χ2n) is 8.18. The van der Waals surface area contributed by atoms with Crippen LogP contribution in [0.3, 0.4) is 0 Å². The Morgan fingerprint density at radius 3 is 2.45 bits per heavy atom. The van der Waals surface area contributed by atoms with E-state index in [2.05, 4.69) is 16.0 Å². The summed E-state index contributed by atoms with van der Waals surface area (Å²) in [6.07, 6.45) is 3.07. The number of benzene rings is 2. The molecule has 3 rings (SSSR count). The molecular formula is C24H24ClN3O3S2. The first-order chi connectivity index (χ1) is 15.6. The van der Waals surface area contributed by atoms with Gasteiger partial charge in [-0.2, -0.15) is 0 Å². The summed E-state index contributed by atoms with van der Waals surface area (Å²) in [6, 6.07) is 12.8. The van der Waals surface area contributed by atoms with Crippen LogP contribution in [0.5, 0.6) is 5.75 Å². The lowest BCUT2D eigenvalue weighted by molar-refractivity contribution is -0.115. The molecule has 0 saturated carbocycles. The van der Waals surface area contributed by atoms with Crippen molar-refractivity contribution in [3.05, 3.63) is 64.0 Å². The highest BCUT2D eigenvalue weighted by molar-refractivity contribution is 7.80. The van der Waals surface area contributed by atoms with Gasteiger partial charge in [0.15, 0.2) is 5.11 Å². The summed E-state index contributed by atoms with van der Waals surface area (Å²) in [5, 5.41) is 9.83. The van der Waals surface area contributed by atoms with Crippen molar-refractivity contribution in [2.24, 2.45) is 0 Å². The molecule has 0 bridgehead atoms. The number of carbonyl (C=O) groups excluding carboxylic acids is 2. The van der Waals surface area contributed by atoms with Crippen LogP contribution in [-0.4, -0.2) is 29.6 Å². The molecule has 0 aliphatic rings. The van der Waals surface area contributed by atoms with Gasteiger partial charge in [0, 0.05) is 17.0 Å². The molecule has 0 fully saturated rings. The fraction of sp³-hybridized carbons (Fsp3) is 0.208. The number of carbonyl (C=O) groups is 2. The molecule has 2 amide bonds. The number of anilines is 1. The zero-order chi connectivity index (χ0) is 24.2. The Bertz CT molecular complexity index is 1230. The number of hydrogen-bond donors (Lipinski definition) is 3. The van der Waals surface area contributed by atoms with Gasteiger partial charge in [0.25, 0.3) is 5.91 Å². The molecule has 0 spiro atoms. The fourth-order valence-corrected chi connectivity index (χ4v) is 4.61. The first-order valence-corrected chi connectivity index (χ1v) is 11.7. The first kappa shape index (κ1) is 24.7. The van der Waals surface area contributed by atoms with Crippen LogP contribution < -0.4 is 20.7 Å². The molecule has 9 heteroatoms. The molecule has 3 N–H and O–H groups in total. The van der Waals surface area contributed by atoms with Gasteiger partial charge in [-0.05, 0) is 62.8 Å². The number of fused-ring (bicyclic) bond motifs is 1. The highest BCUT2D eigenvalue weighted by atomic mass is 35.5. The van der Waals surface area contributed by atoms with Crippen molar-refractivity contribution in [2.45, 2.75) is 26.3 Å². The number of thiocarbonyl (C=S) groups is 1. The standard InChI is InChI=1S/C24H24ClN3O3S2/c1-24(2,3)28-22(30)21-19(25)16-6-5-7-17(20(16)33-21)26-23(32)27-18(29)13-10-14-8-11-15(31-4)12-9-14/h5-13H,1-4H3,(H,28,30)(H2,26,27,29,32)/b13-10+. The number of rotatable bonds is 5. The van der Waals surface area contributed by atoms with Crippen LogP contribution >= 0.6 is 35.2 Å². The zero-order valence-electron chi connectivity index (χ0n) is 18.6. The third-order valence-electron chi connectivity index (χ3n) is 4.38. The summed E-state index contributed by atoms with van der Waals surface area (Å²) in [5.74, 6) is 0.132. The quantitative estimate of drug-likeness (QED) is 0.312. The molecule has 33 heavy (non-hydrogen) atoms. The molecule has 0 aliphatic carbocycles. The summed E-state index contributed by atoms with van der Waals surface area (Å²) < 4.78 is 5.89. The molecule has 0 atom stereocenters. The van der Waals surface area contributed by atoms with Gasteiger partial charge < -0.3 is 15.4 Å². The van der Waals surface area contributed by atoms with Gasteiger partial charge in [0.05, 0.1) is 22.5 Å². The van der Waals surface area contributed by atoms with E-state index >= 15 is 0 Å². The predicted molar refractivity (Wildman–Crippen MR) is 140 cm³/mol. The predicted octanol–water partition coefficient (Wildman–Crippen LogP) is 5.62. The molecule has 0 radical (unpaired) electrons. The van der Waals surface area contributed by atoms with Crippen molar-refractivity contribution in [3.8, 4) is 5.75 Å². The van der Waals surface area contributed by atoms with Crippen LogP contribution in [0.2, 0.25) is 5.02 Å². The molecule has 6 nitrogen and oxygen atoms in total. The van der Waals surface area contributed by atoms with Crippen molar-refractivity contribution < 1.29 is 14.3 Å². The average molecular weight is 502 g/mol. The Morgan fingerprint density at radius 2 is 1.82 bits per heavy atom. The van der Waals surface area contributed by atoms with Crippen LogP contribution in [0.25, 0.3) is 16.2 Å². The van der Waals surface area contributed by atoms with E-state index in [4.69, 9.17) is 28.6 Å². The Morgan fingerprint density at radius 1 is 1.12 bits per heavy atom. The number of hydrogen-bond acceptors (Lipinski definition) is 5. The fourth-order valence-electron chi connectivity index (χ4n) is 2.92. The van der Waals surface area contributed by atoms with Crippen LogP contribution in [0.4, 0.5) is 5.69 Å². The number of nitrogens with one attached hydrogen (secondary N) is 3. The minimum atomic E-state index is -0.386. The van der Waals surface area contributed by atoms with Gasteiger partial charge in [-0.15, -0.1) is 11.3 Å². The van der Waals surface area contributed by atoms with Gasteiger partial charge in [-0.3, -0.25) is 14.9 Å². The summed E-state index contributed by atoms with van der Waals surface area (Å²) in [6.45, 7) is 5.72. The lowest BCUT2D eigenvalue weighted by atomic mass is 10.1. The maximum Gasteiger partial charge on any atom is 0.263 e. The number of thiophene rings is 1. The molecule has 2 aromatic carbocycles. The lowest BCUT2D eigenvalue weighted by Gasteiger charge is -2.19. The normalized spacial score (nSPS) is 11.4. The van der Waals surface area contributed by atoms with E-state index in [0.717, 1.165) is 21.4 Å². The topological polar surface area (TPSA) is 79.5 Å². The van der Waals surface area contributed by atoms with E-state index in [0.29, 0.717) is 15.6 Å². The Kier molecular flexibility index (Phi) is 7.73. The Labute approximate surface area is 207 Å². The van der Waals surface area contributed by atoms with Crippen LogP contribution in [0, 0.1) is 0 Å². The van der Waals surface area contributed by atoms with Gasteiger partial charge >= 0.3 is 0 Å². The minimum absolute atomic E-state index is 0.136. The third kappa shape index (κ3) is 6.54. The van der Waals surface area contributed by atoms with E-state index < -0.39 is 0 Å². The second-order valence-corrected chi connectivity index (χ2v) is 9.99. The molecule has 3 aromatic rings. The molecule has 1 heterocycles. The largest absolute Gasteiger partial charge is 0.497 e. The van der Waals surface area contributed by atoms with E-state index in [-0.39, 0.29) is 22.5 Å². The number of halogens is 1. The second kappa shape index (κ2) is 10.3. The summed E-state index contributed by atoms with van der Waals surface area (Å²) in [7, 11) is 1.60. The number of ether oxygens (including phenoxy) is 1. The number of methoxy groups -OCH3 is 1. The van der Waals surface area contributed by atoms with E-state index in [1.54, 1.807) is 13.2 Å². The maximum absolute atomic E-state index is 12.7. The van der Waals surface area contributed by atoms with Gasteiger partial charge in [0.2, 0.25) is 5.91 Å². The van der Waals surface area contributed by atoms with Gasteiger partial charge in [-0.1, -0.05) is 35.9 Å². The third-order valence-corrected chi connectivity index (χ3v) is 6.32. The van der Waals surface area contributed by atoms with Crippen LogP contribution in [0.15, 0.2) is 48.5 Å². The smallest absolute Gasteiger partial charge is 0.263 e. The minimum Gasteiger partial charge on any atom is -0.497 e. The molecule has 1 aromatic heterocycles. The van der Waals surface area contributed by atoms with Crippen molar-refractivity contribution in [3.63, 3.8) is 0 Å². The van der Waals surface area contributed by atoms with Crippen molar-refractivity contribution in [2.75, 3.05) is 12.4 Å². The average Bonchev–Trinajstić information content (AvgIpc) is 3.09. The molecule has 172 valence electrons. The Balaban J connectivity index is 1.71. The van der Waals surface area contributed by atoms with E-state index in [9.17, 15) is 9.59 Å².